The first-order valence-corrected chi connectivity index (χ1v) is 5.70. The van der Waals surface area contributed by atoms with E-state index < -0.39 is 0 Å². The van der Waals surface area contributed by atoms with E-state index in [1.807, 2.05) is 18.2 Å². The molecule has 0 radical (unpaired) electrons. The summed E-state index contributed by atoms with van der Waals surface area (Å²) in [6, 6.07) is 5.88. The van der Waals surface area contributed by atoms with Gasteiger partial charge in [0, 0.05) is 33.7 Å². The van der Waals surface area contributed by atoms with Crippen LogP contribution in [0, 0.1) is 6.92 Å². The zero-order chi connectivity index (χ0) is 11.1. The van der Waals surface area contributed by atoms with Crippen molar-refractivity contribution in [2.75, 3.05) is 13.1 Å². The molecule has 1 aromatic carbocycles. The molecule has 1 aliphatic rings. The summed E-state index contributed by atoms with van der Waals surface area (Å²) in [5, 5.41) is 5.19. The number of nitrogens with one attached hydrogen (secondary N) is 2. The second kappa shape index (κ2) is 3.52. The second-order valence-electron chi connectivity index (χ2n) is 3.97. The Kier molecular flexibility index (Phi) is 2.14. The van der Waals surface area contributed by atoms with Crippen molar-refractivity contribution in [2.24, 2.45) is 4.99 Å². The lowest BCUT2D eigenvalue weighted by Crippen LogP contribution is -2.19. The van der Waals surface area contributed by atoms with Crippen molar-refractivity contribution in [1.82, 2.24) is 10.3 Å². The Morgan fingerprint density at radius 2 is 2.25 bits per heavy atom. The standard InChI is InChI=1S/C12H12ClN3/c1-7-11(12-14-4-5-15-12)9-6-8(13)2-3-10(9)16-7/h2-3,6,16H,4-5H2,1H3,(H,14,15). The number of aliphatic imine (C=N–C) groups is 1. The molecule has 2 N–H and O–H groups in total. The number of hydrogen-bond donors (Lipinski definition) is 2. The number of halogens is 1. The molecule has 1 aromatic heterocycles. The van der Waals surface area contributed by atoms with Gasteiger partial charge in [-0.3, -0.25) is 4.99 Å². The third kappa shape index (κ3) is 1.39. The minimum atomic E-state index is 0.756. The number of hydrogen-bond acceptors (Lipinski definition) is 2. The quantitative estimate of drug-likeness (QED) is 0.781. The van der Waals surface area contributed by atoms with Crippen molar-refractivity contribution in [3.05, 3.63) is 34.5 Å². The van der Waals surface area contributed by atoms with Crippen molar-refractivity contribution in [3.63, 3.8) is 0 Å². The Morgan fingerprint density at radius 1 is 1.38 bits per heavy atom. The SMILES string of the molecule is Cc1[nH]c2ccc(Cl)cc2c1C1=NCCN1. The molecule has 0 saturated carbocycles. The van der Waals surface area contributed by atoms with Crippen LogP contribution in [0.15, 0.2) is 23.2 Å². The van der Waals surface area contributed by atoms with E-state index in [0.717, 1.165) is 46.1 Å². The molecule has 0 atom stereocenters. The molecule has 0 amide bonds. The van der Waals surface area contributed by atoms with Gasteiger partial charge in [-0.2, -0.15) is 0 Å². The summed E-state index contributed by atoms with van der Waals surface area (Å²) in [7, 11) is 0. The first kappa shape index (κ1) is 9.73. The number of aromatic amines is 1. The van der Waals surface area contributed by atoms with E-state index in [1.54, 1.807) is 0 Å². The molecule has 1 aliphatic heterocycles. The van der Waals surface area contributed by atoms with Crippen LogP contribution in [0.3, 0.4) is 0 Å². The highest BCUT2D eigenvalue weighted by atomic mass is 35.5. The smallest absolute Gasteiger partial charge is 0.130 e. The first-order chi connectivity index (χ1) is 7.75. The van der Waals surface area contributed by atoms with Crippen molar-refractivity contribution in [3.8, 4) is 0 Å². The molecule has 2 aromatic rings. The summed E-state index contributed by atoms with van der Waals surface area (Å²) in [5.74, 6) is 0.978. The second-order valence-corrected chi connectivity index (χ2v) is 4.41. The molecular weight excluding hydrogens is 222 g/mol. The van der Waals surface area contributed by atoms with Crippen LogP contribution in [0.1, 0.15) is 11.3 Å². The molecule has 0 saturated heterocycles. The monoisotopic (exact) mass is 233 g/mol. The molecule has 4 heteroatoms. The Balaban J connectivity index is 2.29. The highest BCUT2D eigenvalue weighted by Gasteiger charge is 2.16. The van der Waals surface area contributed by atoms with Crippen LogP contribution in [-0.4, -0.2) is 23.9 Å². The lowest BCUT2D eigenvalue weighted by atomic mass is 10.1. The van der Waals surface area contributed by atoms with Crippen LogP contribution in [0.2, 0.25) is 5.02 Å². The van der Waals surface area contributed by atoms with Gasteiger partial charge in [0.1, 0.15) is 5.84 Å². The number of nitrogens with zero attached hydrogens (tertiary/aromatic N) is 1. The number of rotatable bonds is 1. The maximum atomic E-state index is 6.03. The number of benzene rings is 1. The lowest BCUT2D eigenvalue weighted by molar-refractivity contribution is 0.960. The molecule has 0 spiro atoms. The summed E-state index contributed by atoms with van der Waals surface area (Å²) in [6.07, 6.45) is 0. The van der Waals surface area contributed by atoms with Crippen LogP contribution in [0.25, 0.3) is 10.9 Å². The van der Waals surface area contributed by atoms with E-state index in [-0.39, 0.29) is 0 Å². The number of fused-ring (bicyclic) bond motifs is 1. The Hall–Kier alpha value is -1.48. The van der Waals surface area contributed by atoms with Gasteiger partial charge in [-0.1, -0.05) is 11.6 Å². The lowest BCUT2D eigenvalue weighted by Gasteiger charge is -2.02. The van der Waals surface area contributed by atoms with E-state index in [0.29, 0.717) is 0 Å². The Labute approximate surface area is 98.5 Å². The molecule has 0 bridgehead atoms. The fourth-order valence-corrected chi connectivity index (χ4v) is 2.34. The molecule has 82 valence electrons. The summed E-state index contributed by atoms with van der Waals surface area (Å²) in [4.78, 5) is 7.81. The van der Waals surface area contributed by atoms with Crippen LogP contribution < -0.4 is 5.32 Å². The van der Waals surface area contributed by atoms with Crippen molar-refractivity contribution >= 4 is 28.3 Å². The van der Waals surface area contributed by atoms with E-state index in [9.17, 15) is 0 Å². The van der Waals surface area contributed by atoms with E-state index in [4.69, 9.17) is 11.6 Å². The number of H-pyrrole nitrogens is 1. The minimum absolute atomic E-state index is 0.756. The van der Waals surface area contributed by atoms with Gasteiger partial charge in [-0.25, -0.2) is 0 Å². The predicted octanol–water partition coefficient (Wildman–Crippen LogP) is 2.48. The molecule has 3 rings (SSSR count). The van der Waals surface area contributed by atoms with Gasteiger partial charge in [0.05, 0.1) is 6.54 Å². The Bertz CT molecular complexity index is 583. The zero-order valence-corrected chi connectivity index (χ0v) is 9.73. The highest BCUT2D eigenvalue weighted by Crippen LogP contribution is 2.25. The minimum Gasteiger partial charge on any atom is -0.368 e. The summed E-state index contributed by atoms with van der Waals surface area (Å²) in [6.45, 7) is 3.83. The van der Waals surface area contributed by atoms with Crippen molar-refractivity contribution < 1.29 is 0 Å². The van der Waals surface area contributed by atoms with Crippen LogP contribution >= 0.6 is 11.6 Å². The van der Waals surface area contributed by atoms with Gasteiger partial charge in [-0.15, -0.1) is 0 Å². The first-order valence-electron chi connectivity index (χ1n) is 5.32. The molecule has 0 aliphatic carbocycles. The average Bonchev–Trinajstić information content (AvgIpc) is 2.83. The highest BCUT2D eigenvalue weighted by molar-refractivity contribution is 6.31. The number of amidine groups is 1. The maximum Gasteiger partial charge on any atom is 0.130 e. The molecule has 3 nitrogen and oxygen atoms in total. The average molecular weight is 234 g/mol. The summed E-state index contributed by atoms with van der Waals surface area (Å²) < 4.78 is 0. The van der Waals surface area contributed by atoms with Gasteiger partial charge in [0.25, 0.3) is 0 Å². The van der Waals surface area contributed by atoms with Gasteiger partial charge in [0.15, 0.2) is 0 Å². The van der Waals surface area contributed by atoms with Crippen LogP contribution in [0.4, 0.5) is 0 Å². The van der Waals surface area contributed by atoms with Crippen molar-refractivity contribution in [2.45, 2.75) is 6.92 Å². The molecule has 0 unspecified atom stereocenters. The van der Waals surface area contributed by atoms with E-state index in [1.165, 1.54) is 0 Å². The number of aromatic nitrogens is 1. The van der Waals surface area contributed by atoms with Crippen LogP contribution in [0.5, 0.6) is 0 Å². The molecular formula is C12H12ClN3. The largest absolute Gasteiger partial charge is 0.368 e. The predicted molar refractivity (Wildman–Crippen MR) is 67.5 cm³/mol. The summed E-state index contributed by atoms with van der Waals surface area (Å²) >= 11 is 6.03. The van der Waals surface area contributed by atoms with E-state index in [2.05, 4.69) is 22.2 Å². The van der Waals surface area contributed by atoms with Gasteiger partial charge in [0.2, 0.25) is 0 Å². The van der Waals surface area contributed by atoms with Gasteiger partial charge in [-0.05, 0) is 25.1 Å². The Morgan fingerprint density at radius 3 is 3.00 bits per heavy atom. The zero-order valence-electron chi connectivity index (χ0n) is 8.97. The van der Waals surface area contributed by atoms with Crippen LogP contribution in [-0.2, 0) is 0 Å². The van der Waals surface area contributed by atoms with E-state index >= 15 is 0 Å². The third-order valence-corrected chi connectivity index (χ3v) is 3.09. The normalized spacial score (nSPS) is 15.2. The maximum absolute atomic E-state index is 6.03. The number of aryl methyl sites for hydroxylation is 1. The fraction of sp³-hybridized carbons (Fsp3) is 0.250. The molecule has 0 fully saturated rings. The fourth-order valence-electron chi connectivity index (χ4n) is 2.17. The summed E-state index contributed by atoms with van der Waals surface area (Å²) in [5.41, 5.74) is 3.38. The van der Waals surface area contributed by atoms with Gasteiger partial charge >= 0.3 is 0 Å². The van der Waals surface area contributed by atoms with Crippen molar-refractivity contribution in [1.29, 1.82) is 0 Å². The topological polar surface area (TPSA) is 40.2 Å². The van der Waals surface area contributed by atoms with Gasteiger partial charge < -0.3 is 10.3 Å². The molecule has 16 heavy (non-hydrogen) atoms. The molecule has 2 heterocycles. The third-order valence-electron chi connectivity index (χ3n) is 2.86.